The van der Waals surface area contributed by atoms with E-state index in [1.807, 2.05) is 39.5 Å². The lowest BCUT2D eigenvalue weighted by Gasteiger charge is -2.36. The van der Waals surface area contributed by atoms with Crippen LogP contribution in [0.3, 0.4) is 0 Å². The first-order valence-electron chi connectivity index (χ1n) is 7.68. The molecular weight excluding hydrogens is 270 g/mol. The molecule has 0 bridgehead atoms. The van der Waals surface area contributed by atoms with Gasteiger partial charge in [-0.15, -0.1) is 0 Å². The number of nitrogens with zero attached hydrogens (tertiary/aromatic N) is 2. The number of rotatable bonds is 1. The molecule has 3 atom stereocenters. The first kappa shape index (κ1) is 16.1. The fraction of sp³-hybridized carbons (Fsp3) is 0.867. The minimum absolute atomic E-state index is 0.0517. The monoisotopic (exact) mass is 297 g/mol. The Kier molecular flexibility index (Phi) is 4.46. The Balaban J connectivity index is 1.91. The van der Waals surface area contributed by atoms with Crippen molar-refractivity contribution in [1.82, 2.24) is 15.1 Å². The number of nitrogens with one attached hydrogen (secondary N) is 1. The number of morpholine rings is 1. The highest BCUT2D eigenvalue weighted by Gasteiger charge is 2.37. The van der Waals surface area contributed by atoms with E-state index in [-0.39, 0.29) is 35.7 Å². The summed E-state index contributed by atoms with van der Waals surface area (Å²) in [6.45, 7) is 11.8. The molecule has 120 valence electrons. The third-order valence-electron chi connectivity index (χ3n) is 3.97. The number of hydrogen-bond acceptors (Lipinski definition) is 3. The summed E-state index contributed by atoms with van der Waals surface area (Å²) in [5, 5.41) is 2.99. The van der Waals surface area contributed by atoms with Crippen LogP contribution in [0.5, 0.6) is 0 Å². The lowest BCUT2D eigenvalue weighted by atomic mass is 10.1. The summed E-state index contributed by atoms with van der Waals surface area (Å²) in [5.74, 6) is 0.108. The van der Waals surface area contributed by atoms with Crippen molar-refractivity contribution in [3.8, 4) is 0 Å². The topological polar surface area (TPSA) is 61.9 Å². The lowest BCUT2D eigenvalue weighted by molar-refractivity contribution is -0.131. The summed E-state index contributed by atoms with van der Waals surface area (Å²) in [5.41, 5.74) is -0.196. The third-order valence-corrected chi connectivity index (χ3v) is 3.97. The average Bonchev–Trinajstić information content (AvgIpc) is 2.68. The van der Waals surface area contributed by atoms with Gasteiger partial charge >= 0.3 is 6.03 Å². The number of ether oxygens (including phenoxy) is 1. The minimum atomic E-state index is -0.196. The molecule has 2 aliphatic rings. The maximum atomic E-state index is 12.3. The first-order chi connectivity index (χ1) is 9.66. The number of hydrogen-bond donors (Lipinski definition) is 1. The molecule has 3 unspecified atom stereocenters. The molecule has 21 heavy (non-hydrogen) atoms. The van der Waals surface area contributed by atoms with Gasteiger partial charge in [0.2, 0.25) is 5.91 Å². The number of carbonyl (C=O) groups is 2. The van der Waals surface area contributed by atoms with Gasteiger partial charge in [-0.25, -0.2) is 4.79 Å². The van der Waals surface area contributed by atoms with Crippen molar-refractivity contribution in [3.05, 3.63) is 0 Å². The van der Waals surface area contributed by atoms with Gasteiger partial charge in [-0.2, -0.15) is 0 Å². The average molecular weight is 297 g/mol. The predicted octanol–water partition coefficient (Wildman–Crippen LogP) is 1.20. The van der Waals surface area contributed by atoms with E-state index in [9.17, 15) is 9.59 Å². The Morgan fingerprint density at radius 3 is 2.24 bits per heavy atom. The van der Waals surface area contributed by atoms with E-state index in [1.165, 1.54) is 0 Å². The van der Waals surface area contributed by atoms with E-state index in [4.69, 9.17) is 4.74 Å². The summed E-state index contributed by atoms with van der Waals surface area (Å²) in [6, 6.07) is -0.191. The van der Waals surface area contributed by atoms with Gasteiger partial charge in [-0.1, -0.05) is 0 Å². The Labute approximate surface area is 126 Å². The molecule has 3 amide bonds. The quantitative estimate of drug-likeness (QED) is 0.791. The van der Waals surface area contributed by atoms with Gasteiger partial charge in [0.05, 0.1) is 18.2 Å². The van der Waals surface area contributed by atoms with Crippen molar-refractivity contribution in [3.63, 3.8) is 0 Å². The minimum Gasteiger partial charge on any atom is -0.372 e. The third kappa shape index (κ3) is 3.87. The zero-order valence-electron chi connectivity index (χ0n) is 13.7. The first-order valence-corrected chi connectivity index (χ1v) is 7.68. The zero-order chi connectivity index (χ0) is 15.8. The van der Waals surface area contributed by atoms with E-state index < -0.39 is 0 Å². The maximum Gasteiger partial charge on any atom is 0.317 e. The predicted molar refractivity (Wildman–Crippen MR) is 80.0 cm³/mol. The van der Waals surface area contributed by atoms with Crippen LogP contribution in [-0.4, -0.2) is 65.2 Å². The van der Waals surface area contributed by atoms with Gasteiger partial charge in [-0.05, 0) is 34.6 Å². The maximum absolute atomic E-state index is 12.3. The summed E-state index contributed by atoms with van der Waals surface area (Å²) in [6.07, 6.45) is 0.491. The summed E-state index contributed by atoms with van der Waals surface area (Å²) < 4.78 is 5.63. The Morgan fingerprint density at radius 2 is 1.76 bits per heavy atom. The van der Waals surface area contributed by atoms with Crippen LogP contribution in [0.1, 0.15) is 41.0 Å². The highest BCUT2D eigenvalue weighted by molar-refractivity contribution is 5.82. The van der Waals surface area contributed by atoms with Crippen molar-refractivity contribution in [1.29, 1.82) is 0 Å². The second-order valence-corrected chi connectivity index (χ2v) is 7.19. The van der Waals surface area contributed by atoms with E-state index in [0.29, 0.717) is 26.1 Å². The molecule has 1 N–H and O–H groups in total. The molecule has 0 saturated carbocycles. The fourth-order valence-corrected chi connectivity index (χ4v) is 3.06. The van der Waals surface area contributed by atoms with Gasteiger partial charge < -0.3 is 19.9 Å². The number of urea groups is 1. The lowest BCUT2D eigenvalue weighted by Crippen LogP contribution is -2.54. The molecule has 2 fully saturated rings. The van der Waals surface area contributed by atoms with E-state index in [1.54, 1.807) is 4.90 Å². The van der Waals surface area contributed by atoms with Crippen LogP contribution in [0.4, 0.5) is 4.79 Å². The molecule has 2 aliphatic heterocycles. The van der Waals surface area contributed by atoms with E-state index in [2.05, 4.69) is 5.32 Å². The van der Waals surface area contributed by atoms with Gasteiger partial charge in [0.25, 0.3) is 0 Å². The Bertz CT molecular complexity index is 409. The van der Waals surface area contributed by atoms with Gasteiger partial charge in [0.1, 0.15) is 0 Å². The number of carbonyl (C=O) groups excluding carboxylic acids is 2. The van der Waals surface area contributed by atoms with Crippen LogP contribution in [0.15, 0.2) is 0 Å². The second-order valence-electron chi connectivity index (χ2n) is 7.19. The van der Waals surface area contributed by atoms with Gasteiger partial charge in [-0.3, -0.25) is 4.79 Å². The molecule has 6 nitrogen and oxygen atoms in total. The molecule has 2 heterocycles. The van der Waals surface area contributed by atoms with Crippen molar-refractivity contribution >= 4 is 11.9 Å². The molecule has 6 heteroatoms. The smallest absolute Gasteiger partial charge is 0.317 e. The molecular formula is C15H27N3O3. The zero-order valence-corrected chi connectivity index (χ0v) is 13.7. The van der Waals surface area contributed by atoms with Crippen LogP contribution in [-0.2, 0) is 9.53 Å². The highest BCUT2D eigenvalue weighted by Crippen LogP contribution is 2.22. The van der Waals surface area contributed by atoms with E-state index >= 15 is 0 Å². The highest BCUT2D eigenvalue weighted by atomic mass is 16.5. The van der Waals surface area contributed by atoms with Crippen molar-refractivity contribution in [2.24, 2.45) is 0 Å². The van der Waals surface area contributed by atoms with Crippen LogP contribution in [0.2, 0.25) is 0 Å². The van der Waals surface area contributed by atoms with Gasteiger partial charge in [0.15, 0.2) is 0 Å². The summed E-state index contributed by atoms with van der Waals surface area (Å²) in [4.78, 5) is 28.0. The van der Waals surface area contributed by atoms with E-state index in [0.717, 1.165) is 0 Å². The summed E-state index contributed by atoms with van der Waals surface area (Å²) >= 11 is 0. The van der Waals surface area contributed by atoms with Crippen LogP contribution >= 0.6 is 0 Å². The van der Waals surface area contributed by atoms with Crippen molar-refractivity contribution in [2.45, 2.75) is 64.8 Å². The van der Waals surface area contributed by atoms with Crippen molar-refractivity contribution < 1.29 is 14.3 Å². The largest absolute Gasteiger partial charge is 0.372 e. The van der Waals surface area contributed by atoms with Gasteiger partial charge in [0, 0.05) is 31.6 Å². The van der Waals surface area contributed by atoms with Crippen LogP contribution in [0, 0.1) is 0 Å². The standard InChI is InChI=1S/C15H27N3O3/c1-10-7-17(8-11(2)21-10)14(20)16-12-6-13(19)18(9-12)15(3,4)5/h10-12H,6-9H2,1-5H3,(H,16,20). The molecule has 0 aromatic rings. The SMILES string of the molecule is CC1CN(C(=O)NC2CC(=O)N(C(C)(C)C)C2)CC(C)O1. The number of likely N-dealkylation sites (tertiary alicyclic amines) is 1. The second kappa shape index (κ2) is 5.83. The molecule has 0 aromatic carbocycles. The molecule has 2 saturated heterocycles. The normalized spacial score (nSPS) is 30.7. The van der Waals surface area contributed by atoms with Crippen molar-refractivity contribution in [2.75, 3.05) is 19.6 Å². The molecule has 0 spiro atoms. The molecule has 0 radical (unpaired) electrons. The van der Waals surface area contributed by atoms with Crippen LogP contribution < -0.4 is 5.32 Å². The fourth-order valence-electron chi connectivity index (χ4n) is 3.06. The molecule has 2 rings (SSSR count). The Morgan fingerprint density at radius 1 is 1.19 bits per heavy atom. The van der Waals surface area contributed by atoms with Crippen LogP contribution in [0.25, 0.3) is 0 Å². The molecule has 0 aliphatic carbocycles. The molecule has 0 aromatic heterocycles. The Hall–Kier alpha value is -1.30. The number of amides is 3. The summed E-state index contributed by atoms with van der Waals surface area (Å²) in [7, 11) is 0.